The Hall–Kier alpha value is -0.860. The van der Waals surface area contributed by atoms with Gasteiger partial charge in [0.1, 0.15) is 0 Å². The number of rotatable bonds is 5. The molecule has 2 nitrogen and oxygen atoms in total. The number of hydrogen-bond acceptors (Lipinski definition) is 2. The lowest BCUT2D eigenvalue weighted by molar-refractivity contribution is 0.299. The topological polar surface area (TPSA) is 38.0 Å². The zero-order chi connectivity index (χ0) is 12.2. The van der Waals surface area contributed by atoms with Crippen molar-refractivity contribution in [1.29, 1.82) is 0 Å². The van der Waals surface area contributed by atoms with E-state index in [0.29, 0.717) is 6.04 Å². The first kappa shape index (κ1) is 13.2. The van der Waals surface area contributed by atoms with Gasteiger partial charge >= 0.3 is 0 Å². The smallest absolute Gasteiger partial charge is 0.0323 e. The molecule has 16 heavy (non-hydrogen) atoms. The van der Waals surface area contributed by atoms with Crippen molar-refractivity contribution in [2.45, 2.75) is 33.2 Å². The largest absolute Gasteiger partial charge is 0.330 e. The molecule has 3 N–H and O–H groups in total. The van der Waals surface area contributed by atoms with Gasteiger partial charge in [0.25, 0.3) is 0 Å². The summed E-state index contributed by atoms with van der Waals surface area (Å²) < 4.78 is 0. The van der Waals surface area contributed by atoms with E-state index in [1.165, 1.54) is 11.1 Å². The Morgan fingerprint density at radius 1 is 1.25 bits per heavy atom. The van der Waals surface area contributed by atoms with Gasteiger partial charge in [-0.1, -0.05) is 43.7 Å². The molecule has 0 radical (unpaired) electrons. The third-order valence-electron chi connectivity index (χ3n) is 3.14. The normalized spacial score (nSPS) is 13.8. The van der Waals surface area contributed by atoms with Crippen molar-refractivity contribution in [3.8, 4) is 0 Å². The van der Waals surface area contributed by atoms with Crippen LogP contribution in [-0.2, 0) is 0 Å². The predicted molar refractivity (Wildman–Crippen MR) is 70.4 cm³/mol. The van der Waals surface area contributed by atoms with E-state index >= 15 is 0 Å². The number of benzene rings is 1. The fraction of sp³-hybridized carbons (Fsp3) is 0.571. The molecule has 0 heterocycles. The van der Waals surface area contributed by atoms with Crippen molar-refractivity contribution in [3.63, 3.8) is 0 Å². The highest BCUT2D eigenvalue weighted by Crippen LogP contribution is 2.28. The quantitative estimate of drug-likeness (QED) is 0.800. The van der Waals surface area contributed by atoms with E-state index in [2.05, 4.69) is 50.4 Å². The molecule has 0 bridgehead atoms. The van der Waals surface area contributed by atoms with Crippen molar-refractivity contribution in [2.75, 3.05) is 13.6 Å². The molecule has 0 saturated carbocycles. The average molecular weight is 220 g/mol. The first-order chi connectivity index (χ1) is 7.48. The molecule has 0 amide bonds. The van der Waals surface area contributed by atoms with E-state index in [9.17, 15) is 0 Å². The lowest BCUT2D eigenvalue weighted by Crippen LogP contribution is -2.30. The van der Waals surface area contributed by atoms with E-state index in [1.807, 2.05) is 7.05 Å². The Morgan fingerprint density at radius 3 is 2.25 bits per heavy atom. The van der Waals surface area contributed by atoms with Crippen LogP contribution >= 0.6 is 0 Å². The Kier molecular flexibility index (Phi) is 4.51. The molecule has 1 unspecified atom stereocenters. The highest BCUT2D eigenvalue weighted by atomic mass is 14.9. The van der Waals surface area contributed by atoms with E-state index < -0.39 is 0 Å². The molecule has 90 valence electrons. The standard InChI is InChI=1S/C14H24N2/c1-11-5-7-12(8-6-11)13(16-4)9-14(2,3)10-15/h5-8,13,16H,9-10,15H2,1-4H3. The number of hydrogen-bond donors (Lipinski definition) is 2. The van der Waals surface area contributed by atoms with Gasteiger partial charge in [-0.05, 0) is 37.9 Å². The highest BCUT2D eigenvalue weighted by molar-refractivity contribution is 5.24. The van der Waals surface area contributed by atoms with Gasteiger partial charge in [0.2, 0.25) is 0 Å². The maximum atomic E-state index is 5.78. The summed E-state index contributed by atoms with van der Waals surface area (Å²) >= 11 is 0. The molecule has 0 spiro atoms. The number of nitrogens with two attached hydrogens (primary N) is 1. The summed E-state index contributed by atoms with van der Waals surface area (Å²) in [5, 5.41) is 3.37. The zero-order valence-corrected chi connectivity index (χ0v) is 10.9. The Bertz CT molecular complexity index is 314. The van der Waals surface area contributed by atoms with Crippen LogP contribution in [0.15, 0.2) is 24.3 Å². The molecular formula is C14H24N2. The van der Waals surface area contributed by atoms with Crippen molar-refractivity contribution in [2.24, 2.45) is 11.1 Å². The van der Waals surface area contributed by atoms with Crippen LogP contribution < -0.4 is 11.1 Å². The number of nitrogens with one attached hydrogen (secondary N) is 1. The SMILES string of the molecule is CNC(CC(C)(C)CN)c1ccc(C)cc1. The van der Waals surface area contributed by atoms with Crippen LogP contribution in [0.1, 0.15) is 37.4 Å². The molecule has 0 aliphatic carbocycles. The second-order valence-electron chi connectivity index (χ2n) is 5.32. The fourth-order valence-corrected chi connectivity index (χ4v) is 1.82. The molecule has 1 rings (SSSR count). The first-order valence-corrected chi connectivity index (χ1v) is 5.92. The summed E-state index contributed by atoms with van der Waals surface area (Å²) in [6.45, 7) is 7.26. The van der Waals surface area contributed by atoms with Gasteiger partial charge in [-0.2, -0.15) is 0 Å². The van der Waals surface area contributed by atoms with E-state index in [-0.39, 0.29) is 5.41 Å². The van der Waals surface area contributed by atoms with Crippen molar-refractivity contribution in [1.82, 2.24) is 5.32 Å². The molecule has 0 saturated heterocycles. The van der Waals surface area contributed by atoms with Gasteiger partial charge in [-0.25, -0.2) is 0 Å². The van der Waals surface area contributed by atoms with E-state index in [0.717, 1.165) is 13.0 Å². The van der Waals surface area contributed by atoms with Gasteiger partial charge in [-0.15, -0.1) is 0 Å². The fourth-order valence-electron chi connectivity index (χ4n) is 1.82. The second kappa shape index (κ2) is 5.46. The summed E-state index contributed by atoms with van der Waals surface area (Å²) in [6, 6.07) is 9.11. The molecular weight excluding hydrogens is 196 g/mol. The monoisotopic (exact) mass is 220 g/mol. The molecule has 2 heteroatoms. The van der Waals surface area contributed by atoms with E-state index in [4.69, 9.17) is 5.73 Å². The van der Waals surface area contributed by atoms with Gasteiger partial charge in [-0.3, -0.25) is 0 Å². The lowest BCUT2D eigenvalue weighted by Gasteiger charge is -2.28. The minimum absolute atomic E-state index is 0.179. The zero-order valence-electron chi connectivity index (χ0n) is 10.9. The van der Waals surface area contributed by atoms with Crippen LogP contribution in [0.2, 0.25) is 0 Å². The molecule has 1 aromatic carbocycles. The molecule has 1 aromatic rings. The van der Waals surface area contributed by atoms with Crippen LogP contribution in [0, 0.1) is 12.3 Å². The average Bonchev–Trinajstić information content (AvgIpc) is 2.27. The van der Waals surface area contributed by atoms with Gasteiger partial charge in [0.05, 0.1) is 0 Å². The molecule has 0 aliphatic heterocycles. The van der Waals surface area contributed by atoms with Crippen LogP contribution in [0.3, 0.4) is 0 Å². The highest BCUT2D eigenvalue weighted by Gasteiger charge is 2.21. The molecule has 1 atom stereocenters. The minimum atomic E-state index is 0.179. The van der Waals surface area contributed by atoms with Crippen molar-refractivity contribution >= 4 is 0 Å². The van der Waals surface area contributed by atoms with Crippen molar-refractivity contribution < 1.29 is 0 Å². The summed E-state index contributed by atoms with van der Waals surface area (Å²) in [5.41, 5.74) is 8.61. The maximum Gasteiger partial charge on any atom is 0.0323 e. The van der Waals surface area contributed by atoms with Gasteiger partial charge in [0.15, 0.2) is 0 Å². The van der Waals surface area contributed by atoms with Crippen LogP contribution in [0.25, 0.3) is 0 Å². The maximum absolute atomic E-state index is 5.78. The third kappa shape index (κ3) is 3.62. The second-order valence-corrected chi connectivity index (χ2v) is 5.32. The Labute approximate surface area is 99.2 Å². The van der Waals surface area contributed by atoms with Crippen molar-refractivity contribution in [3.05, 3.63) is 35.4 Å². The van der Waals surface area contributed by atoms with Crippen LogP contribution in [0.4, 0.5) is 0 Å². The third-order valence-corrected chi connectivity index (χ3v) is 3.14. The Morgan fingerprint density at radius 2 is 1.81 bits per heavy atom. The summed E-state index contributed by atoms with van der Waals surface area (Å²) in [4.78, 5) is 0. The lowest BCUT2D eigenvalue weighted by atomic mass is 9.83. The predicted octanol–water partition coefficient (Wildman–Crippen LogP) is 2.63. The molecule has 0 aromatic heterocycles. The minimum Gasteiger partial charge on any atom is -0.330 e. The van der Waals surface area contributed by atoms with Gasteiger partial charge < -0.3 is 11.1 Å². The summed E-state index contributed by atoms with van der Waals surface area (Å²) in [7, 11) is 2.01. The first-order valence-electron chi connectivity index (χ1n) is 5.92. The molecule has 0 aliphatic rings. The summed E-state index contributed by atoms with van der Waals surface area (Å²) in [5.74, 6) is 0. The Balaban J connectivity index is 2.78. The van der Waals surface area contributed by atoms with E-state index in [1.54, 1.807) is 0 Å². The van der Waals surface area contributed by atoms with Crippen LogP contribution in [-0.4, -0.2) is 13.6 Å². The number of aryl methyl sites for hydroxylation is 1. The van der Waals surface area contributed by atoms with Crippen LogP contribution in [0.5, 0.6) is 0 Å². The molecule has 0 fully saturated rings. The summed E-state index contributed by atoms with van der Waals surface area (Å²) in [6.07, 6.45) is 1.06. The van der Waals surface area contributed by atoms with Gasteiger partial charge in [0, 0.05) is 6.04 Å².